The molecule has 1 amide bonds. The third-order valence-electron chi connectivity index (χ3n) is 9.99. The number of rotatable bonds is 16. The monoisotopic (exact) mass is 804 g/mol. The van der Waals surface area contributed by atoms with Crippen LogP contribution in [0.3, 0.4) is 0 Å². The highest BCUT2D eigenvalue weighted by Gasteiger charge is 2.56. The fraction of sp³-hybridized carbons (Fsp3) is 0.970. The first-order chi connectivity index (χ1) is 26.0. The average Bonchev–Trinajstić information content (AvgIpc) is 3.14. The van der Waals surface area contributed by atoms with Gasteiger partial charge in [-0.05, 0) is 32.7 Å². The Morgan fingerprint density at radius 3 is 1.47 bits per heavy atom. The topological polar surface area (TPSA) is 351 Å². The van der Waals surface area contributed by atoms with E-state index in [4.69, 9.17) is 43.6 Å². The van der Waals surface area contributed by atoms with Gasteiger partial charge < -0.3 is 105 Å². The predicted molar refractivity (Wildman–Crippen MR) is 180 cm³/mol. The Labute approximate surface area is 317 Å². The van der Waals surface area contributed by atoms with Crippen LogP contribution in [0.25, 0.3) is 0 Å². The molecule has 4 fully saturated rings. The first-order valence-electron chi connectivity index (χ1n) is 18.5. The number of ether oxygens (including phenoxy) is 8. The fourth-order valence-electron chi connectivity index (χ4n) is 7.00. The van der Waals surface area contributed by atoms with E-state index in [1.807, 2.05) is 0 Å². The molecule has 0 aromatic rings. The first-order valence-corrected chi connectivity index (χ1v) is 18.5. The summed E-state index contributed by atoms with van der Waals surface area (Å²) in [7, 11) is 0. The van der Waals surface area contributed by atoms with Gasteiger partial charge in [-0.3, -0.25) is 4.79 Å². The molecule has 55 heavy (non-hydrogen) atoms. The number of nitrogens with one attached hydrogen (secondary N) is 1. The molecule has 20 unspecified atom stereocenters. The molecule has 22 nitrogen and oxygen atoms in total. The van der Waals surface area contributed by atoms with Gasteiger partial charge in [0, 0.05) is 6.54 Å². The minimum atomic E-state index is -2.09. The highest BCUT2D eigenvalue weighted by Crippen LogP contribution is 2.35. The second kappa shape index (κ2) is 20.6. The van der Waals surface area contributed by atoms with Gasteiger partial charge in [-0.2, -0.15) is 0 Å². The number of carbonyl (C=O) groups is 1. The standard InChI is InChI=1S/C33H60N2O20/c1-11(2)24-19(42)25(16(39)13(8-36)49-24)52-32-22(45)27(18(41)15(10-38)51-32)53-33-23(46)28(20(43)29(55-33)30(47)35-7-5-6-34)54-31-21(44)26(48-12(3)4)17(40)14(9-37)50-31/h11-29,31-33,36-46H,5-10,34H2,1-4H3,(H,35,47). The van der Waals surface area contributed by atoms with Crippen molar-refractivity contribution in [2.75, 3.05) is 32.9 Å². The summed E-state index contributed by atoms with van der Waals surface area (Å²) in [6.45, 7) is 4.64. The molecule has 14 N–H and O–H groups in total. The maximum absolute atomic E-state index is 13.3. The molecule has 4 heterocycles. The van der Waals surface area contributed by atoms with E-state index in [1.54, 1.807) is 27.7 Å². The Hall–Kier alpha value is -1.33. The van der Waals surface area contributed by atoms with Crippen LogP contribution in [0.1, 0.15) is 34.1 Å². The van der Waals surface area contributed by atoms with Crippen LogP contribution in [0.15, 0.2) is 0 Å². The molecule has 20 atom stereocenters. The van der Waals surface area contributed by atoms with Gasteiger partial charge in [-0.15, -0.1) is 0 Å². The van der Waals surface area contributed by atoms with Crippen LogP contribution in [-0.2, 0) is 42.7 Å². The Balaban J connectivity index is 1.62. The second-order valence-corrected chi connectivity index (χ2v) is 14.8. The lowest BCUT2D eigenvalue weighted by Gasteiger charge is -2.49. The Morgan fingerprint density at radius 1 is 0.600 bits per heavy atom. The largest absolute Gasteiger partial charge is 0.394 e. The van der Waals surface area contributed by atoms with Crippen molar-refractivity contribution in [3.8, 4) is 0 Å². The highest BCUT2D eigenvalue weighted by atomic mass is 16.8. The van der Waals surface area contributed by atoms with Crippen LogP contribution < -0.4 is 11.1 Å². The molecule has 0 radical (unpaired) electrons. The summed E-state index contributed by atoms with van der Waals surface area (Å²) in [6.07, 6.45) is -33.9. The van der Waals surface area contributed by atoms with Crippen LogP contribution in [0.4, 0.5) is 0 Å². The first kappa shape index (κ1) is 46.4. The van der Waals surface area contributed by atoms with Gasteiger partial charge in [0.05, 0.1) is 32.0 Å². The van der Waals surface area contributed by atoms with Crippen molar-refractivity contribution in [1.29, 1.82) is 0 Å². The smallest absolute Gasteiger partial charge is 0.252 e. The number of aliphatic hydroxyl groups is 11. The molecule has 0 aromatic heterocycles. The van der Waals surface area contributed by atoms with E-state index < -0.39 is 154 Å². The molecular formula is C33H60N2O20. The summed E-state index contributed by atoms with van der Waals surface area (Å²) in [5.74, 6) is -1.25. The van der Waals surface area contributed by atoms with E-state index in [0.717, 1.165) is 0 Å². The Bertz CT molecular complexity index is 1180. The molecule has 4 aliphatic rings. The number of amides is 1. The number of hydrogen-bond donors (Lipinski definition) is 13. The summed E-state index contributed by atoms with van der Waals surface area (Å²) >= 11 is 0. The summed E-state index contributed by atoms with van der Waals surface area (Å²) in [4.78, 5) is 13.3. The molecule has 4 saturated heterocycles. The summed E-state index contributed by atoms with van der Waals surface area (Å²) in [5.41, 5.74) is 5.53. The zero-order valence-electron chi connectivity index (χ0n) is 31.1. The third kappa shape index (κ3) is 10.5. The zero-order chi connectivity index (χ0) is 40.9. The van der Waals surface area contributed by atoms with Crippen LogP contribution in [-0.4, -0.2) is 224 Å². The summed E-state index contributed by atoms with van der Waals surface area (Å²) < 4.78 is 45.7. The minimum Gasteiger partial charge on any atom is -0.394 e. The van der Waals surface area contributed by atoms with E-state index in [0.29, 0.717) is 6.42 Å². The number of hydrogen-bond acceptors (Lipinski definition) is 21. The van der Waals surface area contributed by atoms with Crippen molar-refractivity contribution in [3.05, 3.63) is 0 Å². The summed E-state index contributed by atoms with van der Waals surface area (Å²) in [6, 6.07) is 0. The predicted octanol–water partition coefficient (Wildman–Crippen LogP) is -7.14. The van der Waals surface area contributed by atoms with E-state index in [-0.39, 0.29) is 19.0 Å². The molecule has 22 heteroatoms. The molecule has 322 valence electrons. The van der Waals surface area contributed by atoms with Gasteiger partial charge in [-0.25, -0.2) is 0 Å². The van der Waals surface area contributed by atoms with Gasteiger partial charge in [0.2, 0.25) is 0 Å². The Kier molecular flexibility index (Phi) is 17.3. The van der Waals surface area contributed by atoms with Crippen LogP contribution in [0.5, 0.6) is 0 Å². The van der Waals surface area contributed by atoms with Gasteiger partial charge in [0.25, 0.3) is 5.91 Å². The van der Waals surface area contributed by atoms with Crippen molar-refractivity contribution in [2.45, 2.75) is 163 Å². The minimum absolute atomic E-state index is 0.0452. The van der Waals surface area contributed by atoms with Crippen molar-refractivity contribution in [3.63, 3.8) is 0 Å². The van der Waals surface area contributed by atoms with Gasteiger partial charge in [0.15, 0.2) is 25.0 Å². The maximum Gasteiger partial charge on any atom is 0.252 e. The molecule has 4 rings (SSSR count). The number of carbonyl (C=O) groups excluding carboxylic acids is 1. The summed E-state index contributed by atoms with van der Waals surface area (Å²) in [5, 5.41) is 121. The van der Waals surface area contributed by atoms with E-state index in [1.165, 1.54) is 0 Å². The SMILES string of the molecule is CC(C)OC1C(O)C(CO)OC(OC2C(O)C(OC3C(O)C(CO)OC(OC4C(O)C(CO)OC(C(C)C)C4O)C3O)OC(C(=O)NCCCN)C2O)C1O. The molecule has 0 aliphatic carbocycles. The third-order valence-corrected chi connectivity index (χ3v) is 9.99. The van der Waals surface area contributed by atoms with Gasteiger partial charge in [0.1, 0.15) is 91.6 Å². The molecule has 0 aromatic carbocycles. The zero-order valence-corrected chi connectivity index (χ0v) is 31.1. The van der Waals surface area contributed by atoms with E-state index in [2.05, 4.69) is 5.32 Å². The van der Waals surface area contributed by atoms with Crippen molar-refractivity contribution in [1.82, 2.24) is 5.32 Å². The molecule has 4 aliphatic heterocycles. The molecule has 0 saturated carbocycles. The lowest BCUT2D eigenvalue weighted by Crippen LogP contribution is -2.68. The number of nitrogens with two attached hydrogens (primary N) is 1. The van der Waals surface area contributed by atoms with Crippen molar-refractivity contribution >= 4 is 5.91 Å². The maximum atomic E-state index is 13.3. The van der Waals surface area contributed by atoms with Gasteiger partial charge >= 0.3 is 0 Å². The van der Waals surface area contributed by atoms with Crippen molar-refractivity contribution in [2.24, 2.45) is 11.7 Å². The van der Waals surface area contributed by atoms with E-state index >= 15 is 0 Å². The van der Waals surface area contributed by atoms with Crippen molar-refractivity contribution < 1.29 is 98.9 Å². The lowest BCUT2D eigenvalue weighted by atomic mass is 9.89. The molecular weight excluding hydrogens is 744 g/mol. The Morgan fingerprint density at radius 2 is 1.02 bits per heavy atom. The lowest BCUT2D eigenvalue weighted by molar-refractivity contribution is -0.384. The number of aliphatic hydroxyl groups excluding tert-OH is 11. The van der Waals surface area contributed by atoms with Crippen LogP contribution >= 0.6 is 0 Å². The molecule has 0 spiro atoms. The quantitative estimate of drug-likeness (QED) is 0.0645. The normalized spacial score (nSPS) is 45.6. The van der Waals surface area contributed by atoms with Crippen LogP contribution in [0.2, 0.25) is 0 Å². The van der Waals surface area contributed by atoms with E-state index in [9.17, 15) is 61.0 Å². The van der Waals surface area contributed by atoms with Crippen LogP contribution in [0, 0.1) is 5.92 Å². The van der Waals surface area contributed by atoms with Gasteiger partial charge in [-0.1, -0.05) is 13.8 Å². The second-order valence-electron chi connectivity index (χ2n) is 14.8. The average molecular weight is 805 g/mol. The molecule has 0 bridgehead atoms. The fourth-order valence-corrected chi connectivity index (χ4v) is 7.00. The highest BCUT2D eigenvalue weighted by molar-refractivity contribution is 5.81.